The minimum atomic E-state index is -0.429. The van der Waals surface area contributed by atoms with Gasteiger partial charge in [0.2, 0.25) is 0 Å². The average Bonchev–Trinajstić information content (AvgIpc) is 2.33. The van der Waals surface area contributed by atoms with Gasteiger partial charge in [-0.05, 0) is 19.9 Å². The number of rotatable bonds is 8. The highest BCUT2D eigenvalue weighted by molar-refractivity contribution is 5.58. The monoisotopic (exact) mass is 281 g/mol. The van der Waals surface area contributed by atoms with Crippen molar-refractivity contribution in [1.82, 2.24) is 5.32 Å². The summed E-state index contributed by atoms with van der Waals surface area (Å²) < 4.78 is 5.49. The Labute approximate surface area is 119 Å². The number of ether oxygens (including phenoxy) is 1. The summed E-state index contributed by atoms with van der Waals surface area (Å²) in [6.45, 7) is 9.43. The van der Waals surface area contributed by atoms with Crippen LogP contribution >= 0.6 is 0 Å². The molecule has 0 bridgehead atoms. The van der Waals surface area contributed by atoms with Crippen molar-refractivity contribution in [3.8, 4) is 5.75 Å². The molecule has 112 valence electrons. The molecule has 0 aliphatic rings. The zero-order valence-corrected chi connectivity index (χ0v) is 12.5. The van der Waals surface area contributed by atoms with Gasteiger partial charge in [0.05, 0.1) is 11.0 Å². The third-order valence-electron chi connectivity index (χ3n) is 2.53. The van der Waals surface area contributed by atoms with E-state index in [0.29, 0.717) is 11.8 Å². The summed E-state index contributed by atoms with van der Waals surface area (Å²) in [7, 11) is 0. The van der Waals surface area contributed by atoms with Gasteiger partial charge in [-0.1, -0.05) is 13.8 Å². The summed E-state index contributed by atoms with van der Waals surface area (Å²) >= 11 is 0. The number of nitrogens with one attached hydrogen (secondary N) is 2. The number of benzene rings is 1. The molecule has 0 aromatic heterocycles. The van der Waals surface area contributed by atoms with Crippen molar-refractivity contribution >= 4 is 11.4 Å². The fourth-order valence-electron chi connectivity index (χ4n) is 1.69. The Morgan fingerprint density at radius 2 is 1.95 bits per heavy atom. The van der Waals surface area contributed by atoms with Crippen LogP contribution in [-0.2, 0) is 0 Å². The van der Waals surface area contributed by atoms with Crippen molar-refractivity contribution in [3.05, 3.63) is 28.3 Å². The smallest absolute Gasteiger partial charge is 0.311 e. The maximum atomic E-state index is 10.9. The second-order valence-corrected chi connectivity index (χ2v) is 5.14. The number of nitro benzene ring substituents is 1. The van der Waals surface area contributed by atoms with Gasteiger partial charge in [0.15, 0.2) is 5.75 Å². The van der Waals surface area contributed by atoms with Crippen LogP contribution in [-0.4, -0.2) is 30.2 Å². The molecule has 6 heteroatoms. The van der Waals surface area contributed by atoms with Crippen LogP contribution in [0.1, 0.15) is 27.7 Å². The summed E-state index contributed by atoms with van der Waals surface area (Å²) in [5.74, 6) is 0.298. The SMILES string of the molecule is CC(C)NCCNc1ccc([N+](=O)[O-])c(OC(C)C)c1. The van der Waals surface area contributed by atoms with Crippen LogP contribution in [0.2, 0.25) is 0 Å². The van der Waals surface area contributed by atoms with E-state index in [1.165, 1.54) is 6.07 Å². The van der Waals surface area contributed by atoms with Gasteiger partial charge >= 0.3 is 5.69 Å². The van der Waals surface area contributed by atoms with Crippen LogP contribution in [0, 0.1) is 10.1 Å². The molecule has 0 radical (unpaired) electrons. The maximum absolute atomic E-state index is 10.9. The van der Waals surface area contributed by atoms with Crippen molar-refractivity contribution in [2.24, 2.45) is 0 Å². The molecule has 20 heavy (non-hydrogen) atoms. The minimum Gasteiger partial charge on any atom is -0.484 e. The first-order valence-corrected chi connectivity index (χ1v) is 6.82. The molecule has 0 aliphatic carbocycles. The Morgan fingerprint density at radius 3 is 2.50 bits per heavy atom. The summed E-state index contributed by atoms with van der Waals surface area (Å²) in [4.78, 5) is 10.5. The molecular weight excluding hydrogens is 258 g/mol. The highest BCUT2D eigenvalue weighted by Gasteiger charge is 2.16. The van der Waals surface area contributed by atoms with Gasteiger partial charge in [-0.15, -0.1) is 0 Å². The quantitative estimate of drug-likeness (QED) is 0.435. The maximum Gasteiger partial charge on any atom is 0.311 e. The molecular formula is C14H23N3O3. The normalized spacial score (nSPS) is 10.9. The molecule has 1 aromatic carbocycles. The van der Waals surface area contributed by atoms with Crippen LogP contribution in [0.25, 0.3) is 0 Å². The number of nitrogens with zero attached hydrogens (tertiary/aromatic N) is 1. The first-order chi connectivity index (χ1) is 9.40. The van der Waals surface area contributed by atoms with Gasteiger partial charge in [0.1, 0.15) is 0 Å². The predicted molar refractivity (Wildman–Crippen MR) is 80.5 cm³/mol. The zero-order chi connectivity index (χ0) is 15.1. The Morgan fingerprint density at radius 1 is 1.25 bits per heavy atom. The van der Waals surface area contributed by atoms with Crippen LogP contribution in [0.4, 0.5) is 11.4 Å². The van der Waals surface area contributed by atoms with Gasteiger partial charge in [-0.3, -0.25) is 10.1 Å². The van der Waals surface area contributed by atoms with Crippen LogP contribution in [0.15, 0.2) is 18.2 Å². The standard InChI is InChI=1S/C14H23N3O3/c1-10(2)15-7-8-16-12-5-6-13(17(18)19)14(9-12)20-11(3)4/h5-6,9-11,15-16H,7-8H2,1-4H3. The number of anilines is 1. The highest BCUT2D eigenvalue weighted by Crippen LogP contribution is 2.30. The van der Waals surface area contributed by atoms with Crippen molar-refractivity contribution < 1.29 is 9.66 Å². The molecule has 0 spiro atoms. The Hall–Kier alpha value is -1.82. The fourth-order valence-corrected chi connectivity index (χ4v) is 1.69. The highest BCUT2D eigenvalue weighted by atomic mass is 16.6. The number of hydrogen-bond acceptors (Lipinski definition) is 5. The van der Waals surface area contributed by atoms with Gasteiger partial charge in [-0.25, -0.2) is 0 Å². The van der Waals surface area contributed by atoms with Gasteiger partial charge < -0.3 is 15.4 Å². The molecule has 2 N–H and O–H groups in total. The van der Waals surface area contributed by atoms with E-state index in [-0.39, 0.29) is 11.8 Å². The molecule has 0 amide bonds. The average molecular weight is 281 g/mol. The van der Waals surface area contributed by atoms with E-state index in [2.05, 4.69) is 24.5 Å². The third-order valence-corrected chi connectivity index (χ3v) is 2.53. The lowest BCUT2D eigenvalue weighted by Gasteiger charge is -2.13. The van der Waals surface area contributed by atoms with Crippen LogP contribution in [0.5, 0.6) is 5.75 Å². The van der Waals surface area contributed by atoms with E-state index in [4.69, 9.17) is 4.74 Å². The van der Waals surface area contributed by atoms with Crippen molar-refractivity contribution in [3.63, 3.8) is 0 Å². The lowest BCUT2D eigenvalue weighted by Crippen LogP contribution is -2.28. The van der Waals surface area contributed by atoms with Crippen LogP contribution < -0.4 is 15.4 Å². The first kappa shape index (κ1) is 16.2. The van der Waals surface area contributed by atoms with Crippen molar-refractivity contribution in [2.45, 2.75) is 39.8 Å². The lowest BCUT2D eigenvalue weighted by molar-refractivity contribution is -0.386. The van der Waals surface area contributed by atoms with Gasteiger partial charge in [0, 0.05) is 37.0 Å². The molecule has 0 saturated heterocycles. The fraction of sp³-hybridized carbons (Fsp3) is 0.571. The Kier molecular flexibility index (Phi) is 6.24. The number of nitro groups is 1. The third kappa shape index (κ3) is 5.44. The van der Waals surface area contributed by atoms with E-state index in [9.17, 15) is 10.1 Å². The van der Waals surface area contributed by atoms with Crippen molar-refractivity contribution in [1.29, 1.82) is 0 Å². The lowest BCUT2D eigenvalue weighted by atomic mass is 10.2. The van der Waals surface area contributed by atoms with Crippen molar-refractivity contribution in [2.75, 3.05) is 18.4 Å². The molecule has 0 atom stereocenters. The summed E-state index contributed by atoms with van der Waals surface area (Å²) in [5, 5.41) is 17.4. The van der Waals surface area contributed by atoms with Gasteiger partial charge in [0.25, 0.3) is 0 Å². The molecule has 0 fully saturated rings. The first-order valence-electron chi connectivity index (χ1n) is 6.82. The molecule has 0 unspecified atom stereocenters. The Balaban J connectivity index is 2.71. The summed E-state index contributed by atoms with van der Waals surface area (Å²) in [6.07, 6.45) is -0.105. The minimum absolute atomic E-state index is 0.00967. The van der Waals surface area contributed by atoms with E-state index >= 15 is 0 Å². The van der Waals surface area contributed by atoms with E-state index in [0.717, 1.165) is 18.8 Å². The molecule has 1 rings (SSSR count). The zero-order valence-electron chi connectivity index (χ0n) is 12.5. The second kappa shape index (κ2) is 7.69. The summed E-state index contributed by atoms with van der Waals surface area (Å²) in [5.41, 5.74) is 0.807. The van der Waals surface area contributed by atoms with Gasteiger partial charge in [-0.2, -0.15) is 0 Å². The topological polar surface area (TPSA) is 76.4 Å². The number of hydrogen-bond donors (Lipinski definition) is 2. The molecule has 6 nitrogen and oxygen atoms in total. The van der Waals surface area contributed by atoms with E-state index in [1.54, 1.807) is 12.1 Å². The molecule has 1 aromatic rings. The largest absolute Gasteiger partial charge is 0.484 e. The van der Waals surface area contributed by atoms with E-state index in [1.807, 2.05) is 13.8 Å². The molecule has 0 saturated carbocycles. The summed E-state index contributed by atoms with van der Waals surface area (Å²) in [6, 6.07) is 5.28. The molecule has 0 heterocycles. The van der Waals surface area contributed by atoms with Crippen LogP contribution in [0.3, 0.4) is 0 Å². The predicted octanol–water partition coefficient (Wildman–Crippen LogP) is 2.79. The second-order valence-electron chi connectivity index (χ2n) is 5.14. The van der Waals surface area contributed by atoms with E-state index < -0.39 is 4.92 Å². The molecule has 0 aliphatic heterocycles. The Bertz CT molecular complexity index is 447.